The minimum absolute atomic E-state index is 0.0249. The number of nitrogens with one attached hydrogen (secondary N) is 1. The van der Waals surface area contributed by atoms with Gasteiger partial charge in [0.05, 0.1) is 17.2 Å². The molecule has 5 rings (SSSR count). The van der Waals surface area contributed by atoms with Crippen molar-refractivity contribution in [3.63, 3.8) is 0 Å². The molecule has 0 heterocycles. The van der Waals surface area contributed by atoms with E-state index < -0.39 is 28.5 Å². The van der Waals surface area contributed by atoms with Crippen molar-refractivity contribution in [3.8, 4) is 5.75 Å². The Morgan fingerprint density at radius 2 is 1.47 bits per heavy atom. The van der Waals surface area contributed by atoms with Crippen LogP contribution in [0.25, 0.3) is 0 Å². The topological polar surface area (TPSA) is 96.0 Å². The summed E-state index contributed by atoms with van der Waals surface area (Å²) in [5, 5.41) is 3.20. The molecule has 0 unspecified atom stereocenters. The van der Waals surface area contributed by atoms with Crippen LogP contribution in [0.5, 0.6) is 5.75 Å². The van der Waals surface area contributed by atoms with Crippen LogP contribution in [0.15, 0.2) is 119 Å². The molecular weight excluding hydrogens is 678 g/mol. The molecule has 246 valence electrons. The summed E-state index contributed by atoms with van der Waals surface area (Å²) < 4.78 is 35.9. The summed E-state index contributed by atoms with van der Waals surface area (Å²) in [7, 11) is -4.19. The zero-order valence-electron chi connectivity index (χ0n) is 26.4. The quantitative estimate of drug-likeness (QED) is 0.156. The summed E-state index contributed by atoms with van der Waals surface area (Å²) >= 11 is 3.48. The molecule has 1 aliphatic carbocycles. The van der Waals surface area contributed by atoms with Crippen LogP contribution in [0.4, 0.5) is 5.69 Å². The van der Waals surface area contributed by atoms with E-state index in [1.54, 1.807) is 42.5 Å². The molecule has 10 heteroatoms. The van der Waals surface area contributed by atoms with Crippen LogP contribution in [0, 0.1) is 0 Å². The summed E-state index contributed by atoms with van der Waals surface area (Å²) in [5.74, 6) is -0.188. The van der Waals surface area contributed by atoms with E-state index in [1.165, 1.54) is 17.0 Å². The second kappa shape index (κ2) is 16.1. The van der Waals surface area contributed by atoms with Crippen molar-refractivity contribution in [2.24, 2.45) is 0 Å². The number of hydrogen-bond donors (Lipinski definition) is 1. The molecule has 8 nitrogen and oxygen atoms in total. The predicted molar refractivity (Wildman–Crippen MR) is 188 cm³/mol. The highest BCUT2D eigenvalue weighted by atomic mass is 79.9. The first-order chi connectivity index (χ1) is 22.7. The number of rotatable bonds is 14. The zero-order chi connectivity index (χ0) is 33.2. The number of ether oxygens (including phenoxy) is 1. The second-order valence-electron chi connectivity index (χ2n) is 11.6. The van der Waals surface area contributed by atoms with Gasteiger partial charge in [0.15, 0.2) is 0 Å². The molecule has 47 heavy (non-hydrogen) atoms. The van der Waals surface area contributed by atoms with Gasteiger partial charge >= 0.3 is 0 Å². The molecule has 1 saturated carbocycles. The fraction of sp³-hybridized carbons (Fsp3) is 0.297. The van der Waals surface area contributed by atoms with Crippen molar-refractivity contribution < 1.29 is 22.7 Å². The van der Waals surface area contributed by atoms with Gasteiger partial charge in [0.25, 0.3) is 10.0 Å². The summed E-state index contributed by atoms with van der Waals surface area (Å²) in [6, 6.07) is 31.0. The molecule has 4 aromatic rings. The number of carbonyl (C=O) groups excluding carboxylic acids is 2. The van der Waals surface area contributed by atoms with Crippen LogP contribution < -0.4 is 14.4 Å². The maximum absolute atomic E-state index is 14.6. The Hall–Kier alpha value is -4.15. The molecule has 1 aliphatic rings. The van der Waals surface area contributed by atoms with Crippen LogP contribution >= 0.6 is 15.9 Å². The average Bonchev–Trinajstić information content (AvgIpc) is 3.60. The lowest BCUT2D eigenvalue weighted by molar-refractivity contribution is -0.140. The van der Waals surface area contributed by atoms with Crippen LogP contribution in [0.3, 0.4) is 0 Å². The lowest BCUT2D eigenvalue weighted by Crippen LogP contribution is -2.54. The van der Waals surface area contributed by atoms with Crippen molar-refractivity contribution >= 4 is 43.5 Å². The Kier molecular flexibility index (Phi) is 11.7. The van der Waals surface area contributed by atoms with Crippen LogP contribution in [-0.2, 0) is 32.6 Å². The van der Waals surface area contributed by atoms with Gasteiger partial charge in [0.2, 0.25) is 11.8 Å². The van der Waals surface area contributed by atoms with E-state index >= 15 is 0 Å². The minimum Gasteiger partial charge on any atom is -0.494 e. The smallest absolute Gasteiger partial charge is 0.264 e. The van der Waals surface area contributed by atoms with Gasteiger partial charge in [0, 0.05) is 23.5 Å². The molecule has 2 amide bonds. The van der Waals surface area contributed by atoms with Crippen molar-refractivity contribution in [1.82, 2.24) is 10.2 Å². The van der Waals surface area contributed by atoms with Gasteiger partial charge in [-0.25, -0.2) is 8.42 Å². The maximum atomic E-state index is 14.6. The minimum atomic E-state index is -4.19. The molecule has 1 N–H and O–H groups in total. The fourth-order valence-corrected chi connectivity index (χ4v) is 7.51. The first-order valence-electron chi connectivity index (χ1n) is 15.9. The Morgan fingerprint density at radius 3 is 2.09 bits per heavy atom. The molecule has 1 atom stereocenters. The Labute approximate surface area is 285 Å². The molecule has 0 bridgehead atoms. The van der Waals surface area contributed by atoms with Crippen molar-refractivity contribution in [1.29, 1.82) is 0 Å². The van der Waals surface area contributed by atoms with Crippen molar-refractivity contribution in [2.45, 2.75) is 62.6 Å². The summed E-state index contributed by atoms with van der Waals surface area (Å²) in [4.78, 5) is 30.3. The van der Waals surface area contributed by atoms with Gasteiger partial charge in [-0.2, -0.15) is 0 Å². The third-order valence-corrected chi connectivity index (χ3v) is 10.6. The SMILES string of the molecule is CCOc1ccc(S(=O)(=O)N(CC(=O)N(Cc2ccc(Br)cc2)[C@@H](Cc2ccccc2)C(=O)NC2CCCC2)c2ccccc2)cc1. The molecule has 0 saturated heterocycles. The molecule has 0 aliphatic heterocycles. The van der Waals surface area contributed by atoms with E-state index in [1.807, 2.05) is 61.5 Å². The third kappa shape index (κ3) is 9.02. The van der Waals surface area contributed by atoms with Gasteiger partial charge in [-0.3, -0.25) is 13.9 Å². The highest BCUT2D eigenvalue weighted by Gasteiger charge is 2.35. The number of amides is 2. The largest absolute Gasteiger partial charge is 0.494 e. The highest BCUT2D eigenvalue weighted by molar-refractivity contribution is 9.10. The Morgan fingerprint density at radius 1 is 0.851 bits per heavy atom. The Balaban J connectivity index is 1.53. The number of carbonyl (C=O) groups is 2. The number of halogens is 1. The number of para-hydroxylation sites is 1. The first kappa shape index (κ1) is 34.2. The van der Waals surface area contributed by atoms with Crippen LogP contribution in [0.2, 0.25) is 0 Å². The number of sulfonamides is 1. The van der Waals surface area contributed by atoms with E-state index in [-0.39, 0.29) is 29.8 Å². The van der Waals surface area contributed by atoms with Gasteiger partial charge in [-0.05, 0) is 79.4 Å². The first-order valence-corrected chi connectivity index (χ1v) is 18.2. The standard InChI is InChI=1S/C37H40BrN3O5S/c1-2-46-33-21-23-34(24-22-33)47(44,45)41(32-15-7-4-8-16-32)27-36(42)40(26-29-17-19-30(38)20-18-29)35(25-28-11-5-3-6-12-28)37(43)39-31-13-9-10-14-31/h3-8,11-12,15-24,31,35H,2,9-10,13-14,25-27H2,1H3,(H,39,43)/t35-/m0/s1. The zero-order valence-corrected chi connectivity index (χ0v) is 28.8. The molecule has 1 fully saturated rings. The van der Waals surface area contributed by atoms with E-state index in [0.29, 0.717) is 18.0 Å². The third-order valence-electron chi connectivity index (χ3n) is 8.28. The van der Waals surface area contributed by atoms with Gasteiger partial charge in [0.1, 0.15) is 18.3 Å². The number of hydrogen-bond acceptors (Lipinski definition) is 5. The second-order valence-corrected chi connectivity index (χ2v) is 14.4. The van der Waals surface area contributed by atoms with Gasteiger partial charge in [-0.1, -0.05) is 89.4 Å². The number of nitrogens with zero attached hydrogens (tertiary/aromatic N) is 2. The summed E-state index contributed by atoms with van der Waals surface area (Å²) in [6.07, 6.45) is 4.16. The van der Waals surface area contributed by atoms with Gasteiger partial charge < -0.3 is 15.0 Å². The number of anilines is 1. The summed E-state index contributed by atoms with van der Waals surface area (Å²) in [5.41, 5.74) is 2.05. The molecule has 4 aromatic carbocycles. The molecule has 0 aromatic heterocycles. The number of benzene rings is 4. The lowest BCUT2D eigenvalue weighted by Gasteiger charge is -2.34. The predicted octanol–water partition coefficient (Wildman–Crippen LogP) is 6.74. The normalized spacial score (nSPS) is 13.9. The average molecular weight is 719 g/mol. The molecule has 0 radical (unpaired) electrons. The van der Waals surface area contributed by atoms with Crippen molar-refractivity contribution in [2.75, 3.05) is 17.5 Å². The van der Waals surface area contributed by atoms with Crippen LogP contribution in [0.1, 0.15) is 43.7 Å². The highest BCUT2D eigenvalue weighted by Crippen LogP contribution is 2.27. The van der Waals surface area contributed by atoms with Crippen LogP contribution in [-0.4, -0.2) is 50.4 Å². The van der Waals surface area contributed by atoms with E-state index in [4.69, 9.17) is 4.74 Å². The fourth-order valence-electron chi connectivity index (χ4n) is 5.83. The van der Waals surface area contributed by atoms with Gasteiger partial charge in [-0.15, -0.1) is 0 Å². The lowest BCUT2D eigenvalue weighted by atomic mass is 10.0. The molecule has 0 spiro atoms. The van der Waals surface area contributed by atoms with Crippen molar-refractivity contribution in [3.05, 3.63) is 125 Å². The molecular formula is C37H40BrN3O5S. The maximum Gasteiger partial charge on any atom is 0.264 e. The summed E-state index contributed by atoms with van der Waals surface area (Å²) in [6.45, 7) is 1.92. The monoisotopic (exact) mass is 717 g/mol. The van der Waals surface area contributed by atoms with E-state index in [2.05, 4.69) is 21.2 Å². The van der Waals surface area contributed by atoms with E-state index in [0.717, 1.165) is 45.6 Å². The Bertz CT molecular complexity index is 1710. The van der Waals surface area contributed by atoms with E-state index in [9.17, 15) is 18.0 Å².